The van der Waals surface area contributed by atoms with Crippen molar-refractivity contribution in [3.05, 3.63) is 80.1 Å². The summed E-state index contributed by atoms with van der Waals surface area (Å²) in [6.07, 6.45) is 0.163. The van der Waals surface area contributed by atoms with Gasteiger partial charge in [-0.3, -0.25) is 23.9 Å². The highest BCUT2D eigenvalue weighted by molar-refractivity contribution is 7.18. The highest BCUT2D eigenvalue weighted by Gasteiger charge is 2.35. The number of benzene rings is 1. The monoisotopic (exact) mass is 492 g/mol. The molecule has 0 saturated carbocycles. The molecule has 0 bridgehead atoms. The lowest BCUT2D eigenvalue weighted by atomic mass is 10.2. The van der Waals surface area contributed by atoms with Crippen LogP contribution >= 0.6 is 22.9 Å². The van der Waals surface area contributed by atoms with E-state index in [1.165, 1.54) is 29.0 Å². The molecule has 2 aromatic heterocycles. The van der Waals surface area contributed by atoms with Crippen molar-refractivity contribution in [1.82, 2.24) is 14.8 Å². The van der Waals surface area contributed by atoms with E-state index in [9.17, 15) is 23.2 Å². The summed E-state index contributed by atoms with van der Waals surface area (Å²) < 4.78 is 30.6. The zero-order chi connectivity index (χ0) is 23.5. The highest BCUT2D eigenvalue weighted by atomic mass is 35.5. The first kappa shape index (κ1) is 23.1. The number of hydrogen-bond acceptors (Lipinski definition) is 5. The van der Waals surface area contributed by atoms with Gasteiger partial charge in [0.1, 0.15) is 12.0 Å². The van der Waals surface area contributed by atoms with Crippen LogP contribution < -0.4 is 16.2 Å². The van der Waals surface area contributed by atoms with E-state index >= 15 is 0 Å². The maximum Gasteiger partial charge on any atom is 0.261 e. The molecule has 1 saturated heterocycles. The topological polar surface area (TPSA) is 83.4 Å². The van der Waals surface area contributed by atoms with Gasteiger partial charge in [-0.2, -0.15) is 0 Å². The molecule has 2 atom stereocenters. The predicted octanol–water partition coefficient (Wildman–Crippen LogP) is 3.08. The first-order valence-electron chi connectivity index (χ1n) is 10.0. The lowest BCUT2D eigenvalue weighted by Gasteiger charge is -2.16. The highest BCUT2D eigenvalue weighted by Crippen LogP contribution is 2.22. The number of rotatable bonds is 6. The van der Waals surface area contributed by atoms with E-state index < -0.39 is 29.8 Å². The number of pyridine rings is 1. The van der Waals surface area contributed by atoms with Crippen molar-refractivity contribution in [2.75, 3.05) is 25.0 Å². The Labute approximate surface area is 196 Å². The molecule has 7 nitrogen and oxygen atoms in total. The van der Waals surface area contributed by atoms with Crippen molar-refractivity contribution >= 4 is 40.4 Å². The van der Waals surface area contributed by atoms with Gasteiger partial charge in [-0.25, -0.2) is 8.78 Å². The fraction of sp³-hybridized carbons (Fsp3) is 0.227. The Bertz CT molecular complexity index is 1250. The first-order chi connectivity index (χ1) is 15.8. The largest absolute Gasteiger partial charge is 0.344 e. The van der Waals surface area contributed by atoms with E-state index in [-0.39, 0.29) is 30.9 Å². The molecule has 172 valence electrons. The Morgan fingerprint density at radius 1 is 1.15 bits per heavy atom. The molecule has 2 N–H and O–H groups in total. The number of alkyl halides is 1. The second-order valence-corrected chi connectivity index (χ2v) is 9.23. The third-order valence-corrected chi connectivity index (χ3v) is 6.36. The van der Waals surface area contributed by atoms with Crippen molar-refractivity contribution in [3.63, 3.8) is 0 Å². The molecule has 3 aromatic rings. The minimum absolute atomic E-state index is 0.0398. The van der Waals surface area contributed by atoms with E-state index in [0.29, 0.717) is 14.9 Å². The minimum atomic E-state index is -1.35. The van der Waals surface area contributed by atoms with Crippen LogP contribution in [0.2, 0.25) is 4.34 Å². The van der Waals surface area contributed by atoms with Crippen LogP contribution in [0.3, 0.4) is 0 Å². The van der Waals surface area contributed by atoms with Crippen molar-refractivity contribution in [1.29, 1.82) is 0 Å². The summed E-state index contributed by atoms with van der Waals surface area (Å²) in [5.41, 5.74) is -0.0445. The molecule has 1 aromatic carbocycles. The molecular weight excluding hydrogens is 474 g/mol. The van der Waals surface area contributed by atoms with Gasteiger partial charge < -0.3 is 10.6 Å². The number of aromatic nitrogens is 1. The van der Waals surface area contributed by atoms with Crippen LogP contribution in [0.4, 0.5) is 14.5 Å². The van der Waals surface area contributed by atoms with Crippen LogP contribution in [0.5, 0.6) is 0 Å². The van der Waals surface area contributed by atoms with Gasteiger partial charge in [0.05, 0.1) is 33.2 Å². The SMILES string of the molecule is O=C(CN1C[C@@H](F)[C@@H](NC(=O)c2ccc(Cl)s2)C1)Nc1ccc(-n2ccccc2=O)cc1F. The number of likely N-dealkylation sites (tertiary alicyclic amines) is 1. The molecule has 3 heterocycles. The van der Waals surface area contributed by atoms with E-state index in [1.807, 2.05) is 0 Å². The van der Waals surface area contributed by atoms with Gasteiger partial charge in [0.15, 0.2) is 0 Å². The number of nitrogens with one attached hydrogen (secondary N) is 2. The summed E-state index contributed by atoms with van der Waals surface area (Å²) >= 11 is 6.92. The van der Waals surface area contributed by atoms with Crippen LogP contribution in [0.15, 0.2) is 59.5 Å². The normalized spacial score (nSPS) is 18.3. The van der Waals surface area contributed by atoms with Crippen molar-refractivity contribution in [2.45, 2.75) is 12.2 Å². The molecule has 2 amide bonds. The number of halogens is 3. The summed E-state index contributed by atoms with van der Waals surface area (Å²) in [4.78, 5) is 38.4. The average molecular weight is 493 g/mol. The van der Waals surface area contributed by atoms with E-state index in [1.54, 1.807) is 29.2 Å². The smallest absolute Gasteiger partial charge is 0.261 e. The van der Waals surface area contributed by atoms with E-state index in [0.717, 1.165) is 17.4 Å². The van der Waals surface area contributed by atoms with Gasteiger partial charge in [0, 0.05) is 31.4 Å². The molecule has 1 fully saturated rings. The predicted molar refractivity (Wildman–Crippen MR) is 123 cm³/mol. The van der Waals surface area contributed by atoms with Crippen LogP contribution in [-0.4, -0.2) is 53.1 Å². The molecule has 0 radical (unpaired) electrons. The number of carbonyl (C=O) groups excluding carboxylic acids is 2. The van der Waals surface area contributed by atoms with Crippen molar-refractivity contribution in [3.8, 4) is 5.69 Å². The Hall–Kier alpha value is -3.08. The average Bonchev–Trinajstić information content (AvgIpc) is 3.35. The number of amides is 2. The fourth-order valence-corrected chi connectivity index (χ4v) is 4.52. The van der Waals surface area contributed by atoms with Crippen LogP contribution in [0, 0.1) is 5.82 Å². The maximum atomic E-state index is 14.5. The summed E-state index contributed by atoms with van der Waals surface area (Å²) in [5.74, 6) is -1.66. The second-order valence-electron chi connectivity index (χ2n) is 7.51. The van der Waals surface area contributed by atoms with Gasteiger partial charge in [-0.05, 0) is 30.3 Å². The minimum Gasteiger partial charge on any atom is -0.344 e. The molecule has 1 aliphatic heterocycles. The Morgan fingerprint density at radius 2 is 1.97 bits per heavy atom. The molecule has 11 heteroatoms. The van der Waals surface area contributed by atoms with Crippen molar-refractivity contribution < 1.29 is 18.4 Å². The lowest BCUT2D eigenvalue weighted by molar-refractivity contribution is -0.117. The first-order valence-corrected chi connectivity index (χ1v) is 11.2. The van der Waals surface area contributed by atoms with Crippen LogP contribution in [0.1, 0.15) is 9.67 Å². The molecular formula is C22H19ClF2N4O3S. The van der Waals surface area contributed by atoms with Gasteiger partial charge in [-0.15, -0.1) is 11.3 Å². The summed E-state index contributed by atoms with van der Waals surface area (Å²) in [6, 6.07) is 11.0. The van der Waals surface area contributed by atoms with Gasteiger partial charge in [-0.1, -0.05) is 17.7 Å². The zero-order valence-corrected chi connectivity index (χ0v) is 18.7. The van der Waals surface area contributed by atoms with Crippen LogP contribution in [0.25, 0.3) is 5.69 Å². The summed E-state index contributed by atoms with van der Waals surface area (Å²) in [6.45, 7) is -0.0728. The quantitative estimate of drug-likeness (QED) is 0.554. The number of carbonyl (C=O) groups is 2. The van der Waals surface area contributed by atoms with Gasteiger partial charge in [0.2, 0.25) is 5.91 Å². The number of hydrogen-bond donors (Lipinski definition) is 2. The number of nitrogens with zero attached hydrogens (tertiary/aromatic N) is 2. The molecule has 0 unspecified atom stereocenters. The third kappa shape index (κ3) is 5.47. The Morgan fingerprint density at radius 3 is 2.67 bits per heavy atom. The third-order valence-electron chi connectivity index (χ3n) is 5.13. The van der Waals surface area contributed by atoms with Gasteiger partial charge >= 0.3 is 0 Å². The van der Waals surface area contributed by atoms with Gasteiger partial charge in [0.25, 0.3) is 11.5 Å². The molecule has 33 heavy (non-hydrogen) atoms. The fourth-order valence-electron chi connectivity index (χ4n) is 3.57. The second kappa shape index (κ2) is 9.82. The molecule has 1 aliphatic rings. The maximum absolute atomic E-state index is 14.5. The zero-order valence-electron chi connectivity index (χ0n) is 17.1. The Kier molecular flexibility index (Phi) is 6.87. The molecule has 0 aliphatic carbocycles. The standard InChI is InChI=1S/C22H19ClF2N4O3S/c23-19-7-6-18(33-19)22(32)27-17-11-28(10-15(17)25)12-20(30)26-16-5-4-13(9-14(16)24)29-8-2-1-3-21(29)31/h1-9,15,17H,10-12H2,(H,26,30)(H,27,32)/t15-,17+/m1/s1. The Balaban J connectivity index is 1.34. The number of thiophene rings is 1. The molecule has 0 spiro atoms. The van der Waals surface area contributed by atoms with E-state index in [4.69, 9.17) is 11.6 Å². The summed E-state index contributed by atoms with van der Waals surface area (Å²) in [7, 11) is 0. The molecule has 4 rings (SSSR count). The number of anilines is 1. The lowest BCUT2D eigenvalue weighted by Crippen LogP contribution is -2.41. The van der Waals surface area contributed by atoms with Crippen molar-refractivity contribution in [2.24, 2.45) is 0 Å². The van der Waals surface area contributed by atoms with E-state index in [2.05, 4.69) is 10.6 Å². The van der Waals surface area contributed by atoms with Crippen LogP contribution in [-0.2, 0) is 4.79 Å². The summed E-state index contributed by atoms with van der Waals surface area (Å²) in [5, 5.41) is 5.09.